The second kappa shape index (κ2) is 7.16. The smallest absolute Gasteiger partial charge is 0.317 e. The van der Waals surface area contributed by atoms with Gasteiger partial charge in [0, 0.05) is 31.4 Å². The molecule has 0 spiro atoms. The Bertz CT molecular complexity index is 660. The van der Waals surface area contributed by atoms with E-state index in [1.54, 1.807) is 19.3 Å². The van der Waals surface area contributed by atoms with Gasteiger partial charge < -0.3 is 15.0 Å². The fourth-order valence-corrected chi connectivity index (χ4v) is 4.20. The van der Waals surface area contributed by atoms with Crippen LogP contribution in [0.4, 0.5) is 4.79 Å². The van der Waals surface area contributed by atoms with E-state index in [1.807, 2.05) is 19.9 Å². The van der Waals surface area contributed by atoms with E-state index < -0.39 is 9.84 Å². The summed E-state index contributed by atoms with van der Waals surface area (Å²) in [6, 6.07) is 3.05. The van der Waals surface area contributed by atoms with Crippen LogP contribution in [0.3, 0.4) is 0 Å². The topological polar surface area (TPSA) is 88.6 Å². The molecule has 1 fully saturated rings. The normalized spacial score (nSPS) is 19.6. The first-order valence-corrected chi connectivity index (χ1v) is 9.42. The Morgan fingerprint density at radius 1 is 1.52 bits per heavy atom. The minimum absolute atomic E-state index is 0.00859. The summed E-state index contributed by atoms with van der Waals surface area (Å²) < 4.78 is 28.6. The van der Waals surface area contributed by atoms with Crippen molar-refractivity contribution in [3.63, 3.8) is 0 Å². The van der Waals surface area contributed by atoms with Crippen LogP contribution in [-0.2, 0) is 16.4 Å². The van der Waals surface area contributed by atoms with Crippen LogP contribution >= 0.6 is 0 Å². The van der Waals surface area contributed by atoms with Crippen LogP contribution in [-0.4, -0.2) is 55.0 Å². The molecule has 0 aliphatic carbocycles. The van der Waals surface area contributed by atoms with Gasteiger partial charge in [-0.25, -0.2) is 18.2 Å². The fourth-order valence-electron chi connectivity index (χ4n) is 2.43. The average Bonchev–Trinajstić information content (AvgIpc) is 2.85. The van der Waals surface area contributed by atoms with Gasteiger partial charge in [0.1, 0.15) is 0 Å². The Balaban J connectivity index is 1.94. The fraction of sp³-hybridized carbons (Fsp3) is 0.600. The van der Waals surface area contributed by atoms with Gasteiger partial charge in [-0.05, 0) is 26.3 Å². The molecular weight excluding hydrogens is 318 g/mol. The third kappa shape index (κ3) is 4.82. The van der Waals surface area contributed by atoms with Gasteiger partial charge in [-0.3, -0.25) is 0 Å². The van der Waals surface area contributed by atoms with Gasteiger partial charge in [0.2, 0.25) is 5.88 Å². The number of carbonyl (C=O) groups excluding carboxylic acids is 1. The maximum atomic E-state index is 12.2. The number of ether oxygens (including phenoxy) is 1. The molecular formula is C15H23N3O4S. The largest absolute Gasteiger partial charge is 0.475 e. The highest BCUT2D eigenvalue weighted by atomic mass is 32.2. The zero-order valence-corrected chi connectivity index (χ0v) is 14.5. The van der Waals surface area contributed by atoms with Gasteiger partial charge >= 0.3 is 6.03 Å². The van der Waals surface area contributed by atoms with E-state index >= 15 is 0 Å². The zero-order chi connectivity index (χ0) is 17.0. The van der Waals surface area contributed by atoms with Gasteiger partial charge in [-0.2, -0.15) is 0 Å². The van der Waals surface area contributed by atoms with Gasteiger partial charge in [0.15, 0.2) is 9.84 Å². The van der Waals surface area contributed by atoms with Gasteiger partial charge in [-0.15, -0.1) is 0 Å². The van der Waals surface area contributed by atoms with E-state index in [2.05, 4.69) is 10.3 Å². The molecule has 1 aromatic heterocycles. The molecule has 2 heterocycles. The summed E-state index contributed by atoms with van der Waals surface area (Å²) in [4.78, 5) is 17.8. The van der Waals surface area contributed by atoms with Crippen LogP contribution in [0.1, 0.15) is 25.8 Å². The van der Waals surface area contributed by atoms with Crippen molar-refractivity contribution in [2.45, 2.75) is 39.0 Å². The van der Waals surface area contributed by atoms with Gasteiger partial charge in [0.25, 0.3) is 0 Å². The lowest BCUT2D eigenvalue weighted by Crippen LogP contribution is -2.43. The molecule has 0 unspecified atom stereocenters. The Morgan fingerprint density at radius 2 is 2.26 bits per heavy atom. The van der Waals surface area contributed by atoms with Crippen LogP contribution in [0.25, 0.3) is 0 Å². The summed E-state index contributed by atoms with van der Waals surface area (Å²) in [7, 11) is -1.39. The summed E-state index contributed by atoms with van der Waals surface area (Å²) in [6.07, 6.45) is 2.12. The number of rotatable bonds is 5. The quantitative estimate of drug-likeness (QED) is 0.869. The van der Waals surface area contributed by atoms with Crippen LogP contribution in [0, 0.1) is 0 Å². The third-order valence-electron chi connectivity index (χ3n) is 3.70. The molecule has 8 heteroatoms. The van der Waals surface area contributed by atoms with E-state index in [4.69, 9.17) is 4.74 Å². The molecule has 128 valence electrons. The van der Waals surface area contributed by atoms with Crippen LogP contribution in [0.5, 0.6) is 5.88 Å². The van der Waals surface area contributed by atoms with Crippen molar-refractivity contribution in [3.05, 3.63) is 23.9 Å². The lowest BCUT2D eigenvalue weighted by atomic mass is 10.2. The second-order valence-corrected chi connectivity index (χ2v) is 8.19. The molecule has 0 aromatic carbocycles. The van der Waals surface area contributed by atoms with Crippen LogP contribution in [0.2, 0.25) is 0 Å². The molecule has 7 nitrogen and oxygen atoms in total. The van der Waals surface area contributed by atoms with Gasteiger partial charge in [0.05, 0.1) is 17.6 Å². The van der Waals surface area contributed by atoms with Crippen LogP contribution < -0.4 is 10.1 Å². The van der Waals surface area contributed by atoms with Crippen molar-refractivity contribution in [1.82, 2.24) is 15.2 Å². The monoisotopic (exact) mass is 341 g/mol. The molecule has 0 bridgehead atoms. The number of pyridine rings is 1. The SMILES string of the molecule is CC(C)Oc1ncccc1CNC(=O)N(C)[C@H]1CCS(=O)(=O)C1. The lowest BCUT2D eigenvalue weighted by molar-refractivity contribution is 0.194. The number of sulfone groups is 1. The molecule has 2 amide bonds. The highest BCUT2D eigenvalue weighted by Crippen LogP contribution is 2.18. The van der Waals surface area contributed by atoms with Crippen molar-refractivity contribution in [2.24, 2.45) is 0 Å². The molecule has 2 rings (SSSR count). The second-order valence-electron chi connectivity index (χ2n) is 5.96. The predicted octanol–water partition coefficient (Wildman–Crippen LogP) is 1.20. The number of nitrogens with one attached hydrogen (secondary N) is 1. The first kappa shape index (κ1) is 17.5. The van der Waals surface area contributed by atoms with E-state index in [-0.39, 0.29) is 36.2 Å². The number of hydrogen-bond acceptors (Lipinski definition) is 5. The van der Waals surface area contributed by atoms with E-state index in [9.17, 15) is 13.2 Å². The Morgan fingerprint density at radius 3 is 2.87 bits per heavy atom. The first-order chi connectivity index (χ1) is 10.8. The number of nitrogens with zero attached hydrogens (tertiary/aromatic N) is 2. The molecule has 1 N–H and O–H groups in total. The maximum absolute atomic E-state index is 12.2. The minimum atomic E-state index is -3.01. The molecule has 0 radical (unpaired) electrons. The number of urea groups is 1. The van der Waals surface area contributed by atoms with E-state index in [1.165, 1.54) is 4.90 Å². The Kier molecular flexibility index (Phi) is 5.46. The third-order valence-corrected chi connectivity index (χ3v) is 5.45. The molecule has 1 atom stereocenters. The predicted molar refractivity (Wildman–Crippen MR) is 87.1 cm³/mol. The summed E-state index contributed by atoms with van der Waals surface area (Å²) in [5, 5.41) is 2.79. The summed E-state index contributed by atoms with van der Waals surface area (Å²) in [6.45, 7) is 4.09. The highest BCUT2D eigenvalue weighted by molar-refractivity contribution is 7.91. The minimum Gasteiger partial charge on any atom is -0.475 e. The molecule has 1 aliphatic heterocycles. The number of hydrogen-bond donors (Lipinski definition) is 1. The van der Waals surface area contributed by atoms with Crippen molar-refractivity contribution in [1.29, 1.82) is 0 Å². The van der Waals surface area contributed by atoms with Crippen molar-refractivity contribution < 1.29 is 17.9 Å². The molecule has 1 aromatic rings. The zero-order valence-electron chi connectivity index (χ0n) is 13.7. The van der Waals surface area contributed by atoms with Crippen molar-refractivity contribution in [2.75, 3.05) is 18.6 Å². The van der Waals surface area contributed by atoms with Gasteiger partial charge in [-0.1, -0.05) is 6.07 Å². The number of aromatic nitrogens is 1. The van der Waals surface area contributed by atoms with Crippen molar-refractivity contribution >= 4 is 15.9 Å². The first-order valence-electron chi connectivity index (χ1n) is 7.60. The Labute approximate surface area is 137 Å². The molecule has 23 heavy (non-hydrogen) atoms. The number of amides is 2. The Hall–Kier alpha value is -1.83. The molecule has 1 aliphatic rings. The molecule has 1 saturated heterocycles. The summed E-state index contributed by atoms with van der Waals surface area (Å²) >= 11 is 0. The summed E-state index contributed by atoms with van der Waals surface area (Å²) in [5.74, 6) is 0.671. The standard InChI is InChI=1S/C15H23N3O4S/c1-11(2)22-14-12(5-4-7-16-14)9-17-15(19)18(3)13-6-8-23(20,21)10-13/h4-5,7,11,13H,6,8-10H2,1-3H3,(H,17,19)/t13-/m0/s1. The van der Waals surface area contributed by atoms with Crippen molar-refractivity contribution in [3.8, 4) is 5.88 Å². The number of carbonyl (C=O) groups is 1. The highest BCUT2D eigenvalue weighted by Gasteiger charge is 2.32. The molecule has 0 saturated carbocycles. The van der Waals surface area contributed by atoms with E-state index in [0.29, 0.717) is 12.3 Å². The lowest BCUT2D eigenvalue weighted by Gasteiger charge is -2.24. The summed E-state index contributed by atoms with van der Waals surface area (Å²) in [5.41, 5.74) is 0.780. The van der Waals surface area contributed by atoms with E-state index in [0.717, 1.165) is 5.56 Å². The van der Waals surface area contributed by atoms with Crippen LogP contribution in [0.15, 0.2) is 18.3 Å². The average molecular weight is 341 g/mol. The maximum Gasteiger partial charge on any atom is 0.317 e.